The van der Waals surface area contributed by atoms with Crippen LogP contribution in [0.1, 0.15) is 18.5 Å². The zero-order valence-corrected chi connectivity index (χ0v) is 12.8. The lowest BCUT2D eigenvalue weighted by Gasteiger charge is -2.30. The molecule has 8 nitrogen and oxygen atoms in total. The lowest BCUT2D eigenvalue weighted by molar-refractivity contribution is -0.128. The number of aromatic amines is 1. The number of carbonyl (C=O) groups excluding carboxylic acids is 2. The SMILES string of the molecule is NC(=O)CN1CCCC(C(=O)NCc2[nH]nc3ncccc23)C1. The van der Waals surface area contributed by atoms with Crippen LogP contribution in [0.15, 0.2) is 18.3 Å². The van der Waals surface area contributed by atoms with Crippen molar-refractivity contribution >= 4 is 22.8 Å². The first-order chi connectivity index (χ1) is 11.1. The molecule has 1 saturated heterocycles. The monoisotopic (exact) mass is 316 g/mol. The number of aromatic nitrogens is 3. The van der Waals surface area contributed by atoms with Crippen LogP contribution in [-0.4, -0.2) is 51.5 Å². The van der Waals surface area contributed by atoms with Gasteiger partial charge in [-0.3, -0.25) is 19.6 Å². The molecule has 1 atom stereocenters. The number of piperidine rings is 1. The van der Waals surface area contributed by atoms with Crippen molar-refractivity contribution in [1.29, 1.82) is 0 Å². The predicted octanol–water partition coefficient (Wildman–Crippen LogP) is -0.229. The summed E-state index contributed by atoms with van der Waals surface area (Å²) in [7, 11) is 0. The third-order valence-electron chi connectivity index (χ3n) is 4.10. The molecule has 1 aliphatic heterocycles. The minimum absolute atomic E-state index is 0.00851. The Hall–Kier alpha value is -2.48. The molecule has 2 amide bonds. The fraction of sp³-hybridized carbons (Fsp3) is 0.467. The third-order valence-corrected chi connectivity index (χ3v) is 4.10. The van der Waals surface area contributed by atoms with Crippen molar-refractivity contribution in [2.75, 3.05) is 19.6 Å². The largest absolute Gasteiger partial charge is 0.369 e. The summed E-state index contributed by atoms with van der Waals surface area (Å²) in [6.45, 7) is 1.97. The average molecular weight is 316 g/mol. The Bertz CT molecular complexity index is 713. The minimum atomic E-state index is -0.359. The number of nitrogens with zero attached hydrogens (tertiary/aromatic N) is 3. The molecule has 1 aliphatic rings. The van der Waals surface area contributed by atoms with Crippen molar-refractivity contribution < 1.29 is 9.59 Å². The lowest BCUT2D eigenvalue weighted by atomic mass is 9.97. The van der Waals surface area contributed by atoms with Gasteiger partial charge >= 0.3 is 0 Å². The maximum atomic E-state index is 12.4. The summed E-state index contributed by atoms with van der Waals surface area (Å²) in [4.78, 5) is 29.5. The third kappa shape index (κ3) is 3.65. The second-order valence-corrected chi connectivity index (χ2v) is 5.84. The molecular formula is C15H20N6O2. The summed E-state index contributed by atoms with van der Waals surface area (Å²) in [5.74, 6) is -0.483. The van der Waals surface area contributed by atoms with Crippen LogP contribution in [0.3, 0.4) is 0 Å². The summed E-state index contributed by atoms with van der Waals surface area (Å²) < 4.78 is 0. The molecule has 0 saturated carbocycles. The van der Waals surface area contributed by atoms with Gasteiger partial charge in [0.05, 0.1) is 24.7 Å². The normalized spacial score (nSPS) is 18.9. The maximum Gasteiger partial charge on any atom is 0.231 e. The van der Waals surface area contributed by atoms with Crippen molar-refractivity contribution in [3.05, 3.63) is 24.0 Å². The number of carbonyl (C=O) groups is 2. The van der Waals surface area contributed by atoms with Crippen molar-refractivity contribution in [3.63, 3.8) is 0 Å². The van der Waals surface area contributed by atoms with E-state index in [4.69, 9.17) is 5.73 Å². The summed E-state index contributed by atoms with van der Waals surface area (Å²) in [6.07, 6.45) is 3.40. The average Bonchev–Trinajstić information content (AvgIpc) is 2.95. The van der Waals surface area contributed by atoms with Gasteiger partial charge in [0.2, 0.25) is 11.8 Å². The van der Waals surface area contributed by atoms with E-state index in [-0.39, 0.29) is 24.3 Å². The number of H-pyrrole nitrogens is 1. The number of hydrogen-bond acceptors (Lipinski definition) is 5. The van der Waals surface area contributed by atoms with E-state index in [1.54, 1.807) is 6.20 Å². The molecular weight excluding hydrogens is 296 g/mol. The second-order valence-electron chi connectivity index (χ2n) is 5.84. The molecule has 2 aromatic rings. The van der Waals surface area contributed by atoms with Gasteiger partial charge in [0.25, 0.3) is 0 Å². The van der Waals surface area contributed by atoms with Crippen molar-refractivity contribution in [2.24, 2.45) is 11.7 Å². The highest BCUT2D eigenvalue weighted by atomic mass is 16.2. The highest BCUT2D eigenvalue weighted by molar-refractivity contribution is 5.81. The molecule has 0 radical (unpaired) electrons. The van der Waals surface area contributed by atoms with Crippen LogP contribution in [0.25, 0.3) is 11.0 Å². The van der Waals surface area contributed by atoms with Crippen molar-refractivity contribution in [3.8, 4) is 0 Å². The number of nitrogens with one attached hydrogen (secondary N) is 2. The standard InChI is InChI=1S/C15H20N6O2/c16-13(22)9-21-6-2-3-10(8-21)15(23)18-7-12-11-4-1-5-17-14(11)20-19-12/h1,4-5,10H,2-3,6-9H2,(H2,16,22)(H,18,23)(H,17,19,20). The van der Waals surface area contributed by atoms with Gasteiger partial charge < -0.3 is 11.1 Å². The second kappa shape index (κ2) is 6.74. The van der Waals surface area contributed by atoms with Crippen LogP contribution in [0.2, 0.25) is 0 Å². The molecule has 0 aromatic carbocycles. The molecule has 8 heteroatoms. The topological polar surface area (TPSA) is 117 Å². The van der Waals surface area contributed by atoms with Gasteiger partial charge in [-0.05, 0) is 31.5 Å². The number of pyridine rings is 1. The number of fused-ring (bicyclic) bond motifs is 1. The fourth-order valence-corrected chi connectivity index (χ4v) is 2.99. The van der Waals surface area contributed by atoms with Gasteiger partial charge in [0.1, 0.15) is 0 Å². The quantitative estimate of drug-likeness (QED) is 0.704. The number of hydrogen-bond donors (Lipinski definition) is 3. The molecule has 23 heavy (non-hydrogen) atoms. The number of rotatable bonds is 5. The summed E-state index contributed by atoms with van der Waals surface area (Å²) in [5, 5.41) is 10.9. The smallest absolute Gasteiger partial charge is 0.231 e. The maximum absolute atomic E-state index is 12.4. The zero-order valence-electron chi connectivity index (χ0n) is 12.8. The Morgan fingerprint density at radius 3 is 3.17 bits per heavy atom. The Morgan fingerprint density at radius 2 is 2.35 bits per heavy atom. The Kier molecular flexibility index (Phi) is 4.52. The van der Waals surface area contributed by atoms with Crippen LogP contribution < -0.4 is 11.1 Å². The van der Waals surface area contributed by atoms with E-state index in [1.807, 2.05) is 17.0 Å². The van der Waals surface area contributed by atoms with E-state index in [9.17, 15) is 9.59 Å². The Labute approximate surface area is 133 Å². The Balaban J connectivity index is 1.57. The van der Waals surface area contributed by atoms with Crippen LogP contribution in [0.5, 0.6) is 0 Å². The molecule has 1 unspecified atom stereocenters. The van der Waals surface area contributed by atoms with E-state index >= 15 is 0 Å². The van der Waals surface area contributed by atoms with Gasteiger partial charge in [0, 0.05) is 18.1 Å². The number of nitrogens with two attached hydrogens (primary N) is 1. The molecule has 3 heterocycles. The molecule has 1 fully saturated rings. The van der Waals surface area contributed by atoms with Crippen LogP contribution in [0, 0.1) is 5.92 Å². The van der Waals surface area contributed by atoms with E-state index in [2.05, 4.69) is 20.5 Å². The van der Waals surface area contributed by atoms with Crippen molar-refractivity contribution in [2.45, 2.75) is 19.4 Å². The van der Waals surface area contributed by atoms with Gasteiger partial charge in [0.15, 0.2) is 5.65 Å². The van der Waals surface area contributed by atoms with Crippen molar-refractivity contribution in [1.82, 2.24) is 25.4 Å². The molecule has 0 spiro atoms. The van der Waals surface area contributed by atoms with Gasteiger partial charge in [-0.15, -0.1) is 0 Å². The fourth-order valence-electron chi connectivity index (χ4n) is 2.99. The van der Waals surface area contributed by atoms with Gasteiger partial charge in [-0.25, -0.2) is 4.98 Å². The van der Waals surface area contributed by atoms with Gasteiger partial charge in [-0.1, -0.05) is 0 Å². The molecule has 3 rings (SSSR count). The van der Waals surface area contributed by atoms with E-state index in [0.29, 0.717) is 18.7 Å². The first kappa shape index (κ1) is 15.4. The molecule has 4 N–H and O–H groups in total. The predicted molar refractivity (Wildman–Crippen MR) is 84.1 cm³/mol. The minimum Gasteiger partial charge on any atom is -0.369 e. The summed E-state index contributed by atoms with van der Waals surface area (Å²) >= 11 is 0. The molecule has 0 bridgehead atoms. The van der Waals surface area contributed by atoms with E-state index < -0.39 is 0 Å². The molecule has 0 aliphatic carbocycles. The number of amides is 2. The highest BCUT2D eigenvalue weighted by Gasteiger charge is 2.26. The first-order valence-electron chi connectivity index (χ1n) is 7.70. The van der Waals surface area contributed by atoms with E-state index in [0.717, 1.165) is 30.5 Å². The highest BCUT2D eigenvalue weighted by Crippen LogP contribution is 2.17. The lowest BCUT2D eigenvalue weighted by Crippen LogP contribution is -2.45. The summed E-state index contributed by atoms with van der Waals surface area (Å²) in [6, 6.07) is 3.76. The Morgan fingerprint density at radius 1 is 1.48 bits per heavy atom. The number of primary amides is 1. The molecule has 2 aromatic heterocycles. The number of likely N-dealkylation sites (tertiary alicyclic amines) is 1. The van der Waals surface area contributed by atoms with Crippen LogP contribution in [-0.2, 0) is 16.1 Å². The summed E-state index contributed by atoms with van der Waals surface area (Å²) in [5.41, 5.74) is 6.70. The molecule has 122 valence electrons. The van der Waals surface area contributed by atoms with E-state index in [1.165, 1.54) is 0 Å². The zero-order chi connectivity index (χ0) is 16.2. The first-order valence-corrected chi connectivity index (χ1v) is 7.70. The van der Waals surface area contributed by atoms with Gasteiger partial charge in [-0.2, -0.15) is 5.10 Å². The van der Waals surface area contributed by atoms with Crippen LogP contribution >= 0.6 is 0 Å². The van der Waals surface area contributed by atoms with Crippen LogP contribution in [0.4, 0.5) is 0 Å².